The lowest BCUT2D eigenvalue weighted by Crippen LogP contribution is -2.38. The van der Waals surface area contributed by atoms with Gasteiger partial charge in [-0.05, 0) is 18.9 Å². The van der Waals surface area contributed by atoms with Gasteiger partial charge < -0.3 is 0 Å². The zero-order valence-electron chi connectivity index (χ0n) is 11.0. The average molecular weight is 279 g/mol. The van der Waals surface area contributed by atoms with Gasteiger partial charge in [0.05, 0.1) is 12.3 Å². The molecule has 0 saturated carbocycles. The number of ketones is 1. The summed E-state index contributed by atoms with van der Waals surface area (Å²) in [6.07, 6.45) is 3.57. The second-order valence-corrected chi connectivity index (χ2v) is 6.69. The zero-order valence-corrected chi connectivity index (χ0v) is 11.9. The van der Waals surface area contributed by atoms with Crippen molar-refractivity contribution >= 4 is 15.8 Å². The standard InChI is InChI=1S/C14H17NO3S/c1-11(16)13-8-9-14(12-6-4-3-5-7-12)15(10-13)19(2,17)18/h3-8,14H,9-10H2,1-2H3. The summed E-state index contributed by atoms with van der Waals surface area (Å²) >= 11 is 0. The minimum atomic E-state index is -3.35. The first-order chi connectivity index (χ1) is 8.89. The Balaban J connectivity index is 2.40. The molecule has 0 radical (unpaired) electrons. The first kappa shape index (κ1) is 14.0. The van der Waals surface area contributed by atoms with Crippen LogP contribution in [0.3, 0.4) is 0 Å². The van der Waals surface area contributed by atoms with Crippen molar-refractivity contribution in [1.82, 2.24) is 4.31 Å². The lowest BCUT2D eigenvalue weighted by molar-refractivity contribution is -0.113. The number of carbonyl (C=O) groups is 1. The highest BCUT2D eigenvalue weighted by molar-refractivity contribution is 7.88. The first-order valence-corrected chi connectivity index (χ1v) is 7.96. The van der Waals surface area contributed by atoms with Gasteiger partial charge >= 0.3 is 0 Å². The summed E-state index contributed by atoms with van der Waals surface area (Å²) in [6, 6.07) is 9.28. The SMILES string of the molecule is CC(=O)C1=CCC(c2ccccc2)N(S(C)(=O)=O)C1. The molecule has 1 aromatic carbocycles. The molecule has 0 aliphatic carbocycles. The summed E-state index contributed by atoms with van der Waals surface area (Å²) in [5.41, 5.74) is 1.52. The molecule has 1 heterocycles. The van der Waals surface area contributed by atoms with Gasteiger partial charge in [0.15, 0.2) is 5.78 Å². The monoisotopic (exact) mass is 279 g/mol. The van der Waals surface area contributed by atoms with Crippen molar-refractivity contribution in [3.8, 4) is 0 Å². The Morgan fingerprint density at radius 3 is 2.42 bits per heavy atom. The van der Waals surface area contributed by atoms with Gasteiger partial charge in [0.2, 0.25) is 10.0 Å². The van der Waals surface area contributed by atoms with Crippen LogP contribution >= 0.6 is 0 Å². The average Bonchev–Trinajstić information content (AvgIpc) is 2.38. The van der Waals surface area contributed by atoms with E-state index in [1.165, 1.54) is 17.5 Å². The molecule has 0 spiro atoms. The molecule has 0 N–H and O–H groups in total. The molecule has 0 aromatic heterocycles. The van der Waals surface area contributed by atoms with Gasteiger partial charge in [0.25, 0.3) is 0 Å². The Bertz CT molecular complexity index is 605. The van der Waals surface area contributed by atoms with Crippen LogP contribution in [0.5, 0.6) is 0 Å². The van der Waals surface area contributed by atoms with Crippen molar-refractivity contribution in [2.24, 2.45) is 0 Å². The van der Waals surface area contributed by atoms with Crippen LogP contribution in [0.2, 0.25) is 0 Å². The molecule has 2 rings (SSSR count). The molecular weight excluding hydrogens is 262 g/mol. The van der Waals surface area contributed by atoms with E-state index in [0.29, 0.717) is 12.0 Å². The Labute approximate surface area is 113 Å². The number of Topliss-reactive ketones (excluding diaryl/α,β-unsaturated/α-hetero) is 1. The van der Waals surface area contributed by atoms with Crippen LogP contribution in [0.1, 0.15) is 24.9 Å². The van der Waals surface area contributed by atoms with Gasteiger partial charge in [0.1, 0.15) is 0 Å². The number of hydrogen-bond acceptors (Lipinski definition) is 3. The molecule has 4 nitrogen and oxygen atoms in total. The Morgan fingerprint density at radius 2 is 1.89 bits per heavy atom. The number of sulfonamides is 1. The van der Waals surface area contributed by atoms with Crippen molar-refractivity contribution in [2.45, 2.75) is 19.4 Å². The maximum absolute atomic E-state index is 11.9. The molecule has 102 valence electrons. The zero-order chi connectivity index (χ0) is 14.0. The lowest BCUT2D eigenvalue weighted by Gasteiger charge is -2.33. The van der Waals surface area contributed by atoms with Crippen LogP contribution in [-0.4, -0.2) is 31.3 Å². The Kier molecular flexibility index (Phi) is 3.87. The fourth-order valence-electron chi connectivity index (χ4n) is 2.30. The minimum absolute atomic E-state index is 0.0693. The summed E-state index contributed by atoms with van der Waals surface area (Å²) in [6.45, 7) is 1.63. The molecule has 1 aliphatic heterocycles. The summed E-state index contributed by atoms with van der Waals surface area (Å²) < 4.78 is 25.3. The molecule has 0 amide bonds. The molecule has 0 saturated heterocycles. The summed E-state index contributed by atoms with van der Waals surface area (Å²) in [7, 11) is -3.35. The number of benzene rings is 1. The van der Waals surface area contributed by atoms with E-state index >= 15 is 0 Å². The van der Waals surface area contributed by atoms with E-state index in [1.807, 2.05) is 36.4 Å². The van der Waals surface area contributed by atoms with E-state index in [2.05, 4.69) is 0 Å². The van der Waals surface area contributed by atoms with Gasteiger partial charge in [-0.2, -0.15) is 4.31 Å². The van der Waals surface area contributed by atoms with Crippen molar-refractivity contribution in [3.05, 3.63) is 47.5 Å². The maximum Gasteiger partial charge on any atom is 0.212 e. The predicted molar refractivity (Wildman–Crippen MR) is 74.1 cm³/mol. The molecule has 1 atom stereocenters. The highest BCUT2D eigenvalue weighted by atomic mass is 32.2. The maximum atomic E-state index is 11.9. The van der Waals surface area contributed by atoms with E-state index < -0.39 is 10.0 Å². The molecule has 5 heteroatoms. The van der Waals surface area contributed by atoms with Crippen LogP contribution < -0.4 is 0 Å². The third kappa shape index (κ3) is 3.11. The summed E-state index contributed by atoms with van der Waals surface area (Å²) in [5, 5.41) is 0. The van der Waals surface area contributed by atoms with Crippen LogP contribution in [0.4, 0.5) is 0 Å². The van der Waals surface area contributed by atoms with Crippen LogP contribution in [-0.2, 0) is 14.8 Å². The van der Waals surface area contributed by atoms with Crippen molar-refractivity contribution in [2.75, 3.05) is 12.8 Å². The number of rotatable bonds is 3. The van der Waals surface area contributed by atoms with E-state index in [9.17, 15) is 13.2 Å². The van der Waals surface area contributed by atoms with E-state index in [-0.39, 0.29) is 18.4 Å². The third-order valence-corrected chi connectivity index (χ3v) is 4.56. The van der Waals surface area contributed by atoms with Crippen LogP contribution in [0, 0.1) is 0 Å². The lowest BCUT2D eigenvalue weighted by atomic mass is 9.97. The van der Waals surface area contributed by atoms with Crippen molar-refractivity contribution < 1.29 is 13.2 Å². The second-order valence-electron chi connectivity index (χ2n) is 4.76. The van der Waals surface area contributed by atoms with E-state index in [4.69, 9.17) is 0 Å². The molecular formula is C14H17NO3S. The minimum Gasteiger partial charge on any atom is -0.295 e. The van der Waals surface area contributed by atoms with Gasteiger partial charge in [-0.15, -0.1) is 0 Å². The van der Waals surface area contributed by atoms with Gasteiger partial charge in [-0.25, -0.2) is 8.42 Å². The van der Waals surface area contributed by atoms with Crippen molar-refractivity contribution in [3.63, 3.8) is 0 Å². The second kappa shape index (κ2) is 5.27. The number of hydrogen-bond donors (Lipinski definition) is 0. The van der Waals surface area contributed by atoms with Gasteiger partial charge in [-0.1, -0.05) is 36.4 Å². The van der Waals surface area contributed by atoms with E-state index in [0.717, 1.165) is 5.56 Å². The molecule has 0 fully saturated rings. The number of carbonyl (C=O) groups excluding carboxylic acids is 1. The predicted octanol–water partition coefficient (Wildman–Crippen LogP) is 1.91. The third-order valence-electron chi connectivity index (χ3n) is 3.32. The molecule has 1 aliphatic rings. The first-order valence-electron chi connectivity index (χ1n) is 6.11. The smallest absolute Gasteiger partial charge is 0.212 e. The highest BCUT2D eigenvalue weighted by Gasteiger charge is 2.31. The van der Waals surface area contributed by atoms with Crippen LogP contribution in [0.25, 0.3) is 0 Å². The van der Waals surface area contributed by atoms with Crippen LogP contribution in [0.15, 0.2) is 42.0 Å². The summed E-state index contributed by atoms with van der Waals surface area (Å²) in [4.78, 5) is 11.4. The van der Waals surface area contributed by atoms with Crippen molar-refractivity contribution in [1.29, 1.82) is 0 Å². The molecule has 1 unspecified atom stereocenters. The molecule has 1 aromatic rings. The quantitative estimate of drug-likeness (QED) is 0.849. The molecule has 19 heavy (non-hydrogen) atoms. The van der Waals surface area contributed by atoms with Gasteiger partial charge in [0, 0.05) is 12.1 Å². The summed E-state index contributed by atoms with van der Waals surface area (Å²) in [5.74, 6) is -0.0693. The fraction of sp³-hybridized carbons (Fsp3) is 0.357. The topological polar surface area (TPSA) is 54.5 Å². The number of nitrogens with zero attached hydrogens (tertiary/aromatic N) is 1. The Morgan fingerprint density at radius 1 is 1.26 bits per heavy atom. The fourth-order valence-corrected chi connectivity index (χ4v) is 3.34. The van der Waals surface area contributed by atoms with Gasteiger partial charge in [-0.3, -0.25) is 4.79 Å². The largest absolute Gasteiger partial charge is 0.295 e. The Hall–Kier alpha value is -1.46. The molecule has 0 bridgehead atoms. The highest BCUT2D eigenvalue weighted by Crippen LogP contribution is 2.32. The van der Waals surface area contributed by atoms with E-state index in [1.54, 1.807) is 0 Å². The normalized spacial score (nSPS) is 20.9.